The van der Waals surface area contributed by atoms with E-state index in [4.69, 9.17) is 11.6 Å². The third-order valence-corrected chi connectivity index (χ3v) is 2.82. The van der Waals surface area contributed by atoms with Crippen LogP contribution in [0.3, 0.4) is 0 Å². The lowest BCUT2D eigenvalue weighted by Crippen LogP contribution is -2.44. The molecule has 5 nitrogen and oxygen atoms in total. The van der Waals surface area contributed by atoms with Gasteiger partial charge in [-0.05, 0) is 32.0 Å². The summed E-state index contributed by atoms with van der Waals surface area (Å²) in [4.78, 5) is 23.7. The molecule has 0 saturated heterocycles. The number of anilines is 1. The number of amides is 2. The van der Waals surface area contributed by atoms with Crippen LogP contribution in [0.2, 0.25) is 5.02 Å². The molecule has 0 heterocycles. The van der Waals surface area contributed by atoms with Gasteiger partial charge in [0.1, 0.15) is 6.04 Å². The summed E-state index contributed by atoms with van der Waals surface area (Å²) in [5.41, 5.74) is 1.07. The number of hydrogen-bond donors (Lipinski definition) is 3. The Morgan fingerprint density at radius 2 is 2.05 bits per heavy atom. The first-order valence-corrected chi connectivity index (χ1v) is 6.43. The van der Waals surface area contributed by atoms with Crippen molar-refractivity contribution in [2.24, 2.45) is 0 Å². The van der Waals surface area contributed by atoms with Crippen molar-refractivity contribution >= 4 is 29.1 Å². The van der Waals surface area contributed by atoms with Crippen molar-refractivity contribution in [3.05, 3.63) is 28.8 Å². The maximum absolute atomic E-state index is 12.1. The number of nitrogens with one attached hydrogen (secondary N) is 3. The molecule has 0 radical (unpaired) electrons. The highest BCUT2D eigenvalue weighted by Crippen LogP contribution is 2.20. The molecule has 19 heavy (non-hydrogen) atoms. The van der Waals surface area contributed by atoms with Crippen LogP contribution < -0.4 is 16.0 Å². The zero-order chi connectivity index (χ0) is 14.4. The van der Waals surface area contributed by atoms with E-state index in [9.17, 15) is 9.59 Å². The summed E-state index contributed by atoms with van der Waals surface area (Å²) in [6.45, 7) is 3.98. The van der Waals surface area contributed by atoms with Gasteiger partial charge in [0.15, 0.2) is 0 Å². The third kappa shape index (κ3) is 4.13. The Hall–Kier alpha value is -1.75. The number of halogens is 1. The van der Waals surface area contributed by atoms with Crippen LogP contribution in [-0.2, 0) is 4.79 Å². The second-order valence-electron chi connectivity index (χ2n) is 4.03. The number of carbonyl (C=O) groups is 2. The Bertz CT molecular complexity index is 477. The fourth-order valence-electron chi connectivity index (χ4n) is 1.59. The Labute approximate surface area is 117 Å². The average molecular weight is 284 g/mol. The summed E-state index contributed by atoms with van der Waals surface area (Å²) in [7, 11) is 1.72. The fraction of sp³-hybridized carbons (Fsp3) is 0.385. The van der Waals surface area contributed by atoms with Crippen molar-refractivity contribution in [2.75, 3.05) is 18.9 Å². The summed E-state index contributed by atoms with van der Waals surface area (Å²) in [5.74, 6) is -0.561. The van der Waals surface area contributed by atoms with Gasteiger partial charge in [-0.1, -0.05) is 11.6 Å². The van der Waals surface area contributed by atoms with Crippen molar-refractivity contribution in [3.8, 4) is 0 Å². The summed E-state index contributed by atoms with van der Waals surface area (Å²) in [5, 5.41) is 8.66. The van der Waals surface area contributed by atoms with Crippen LogP contribution in [-0.4, -0.2) is 31.4 Å². The van der Waals surface area contributed by atoms with Gasteiger partial charge >= 0.3 is 0 Å². The maximum Gasteiger partial charge on any atom is 0.254 e. The highest BCUT2D eigenvalue weighted by molar-refractivity contribution is 6.31. The van der Waals surface area contributed by atoms with Gasteiger partial charge in [-0.15, -0.1) is 0 Å². The number of hydrogen-bond acceptors (Lipinski definition) is 3. The summed E-state index contributed by atoms with van der Waals surface area (Å²) in [6.07, 6.45) is 0. The van der Waals surface area contributed by atoms with Crippen LogP contribution in [0.25, 0.3) is 0 Å². The Kier molecular flexibility index (Phi) is 5.63. The van der Waals surface area contributed by atoms with Crippen molar-refractivity contribution in [1.82, 2.24) is 10.6 Å². The minimum absolute atomic E-state index is 0.219. The summed E-state index contributed by atoms with van der Waals surface area (Å²) >= 11 is 5.88. The number of benzene rings is 1. The summed E-state index contributed by atoms with van der Waals surface area (Å²) < 4.78 is 0. The van der Waals surface area contributed by atoms with E-state index in [-0.39, 0.29) is 11.8 Å². The Morgan fingerprint density at radius 3 is 2.63 bits per heavy atom. The van der Waals surface area contributed by atoms with Gasteiger partial charge in [0.2, 0.25) is 5.91 Å². The molecule has 0 saturated carbocycles. The second kappa shape index (κ2) is 6.99. The van der Waals surface area contributed by atoms with Crippen LogP contribution in [0.5, 0.6) is 0 Å². The fourth-order valence-corrected chi connectivity index (χ4v) is 1.76. The van der Waals surface area contributed by atoms with E-state index in [1.807, 2.05) is 6.92 Å². The number of carbonyl (C=O) groups excluding carboxylic acids is 2. The molecule has 0 aromatic heterocycles. The minimum atomic E-state index is -0.601. The predicted molar refractivity (Wildman–Crippen MR) is 76.6 cm³/mol. The maximum atomic E-state index is 12.1. The van der Waals surface area contributed by atoms with Gasteiger partial charge in [0, 0.05) is 24.3 Å². The molecule has 0 fully saturated rings. The molecule has 1 unspecified atom stereocenters. The highest BCUT2D eigenvalue weighted by atomic mass is 35.5. The van der Waals surface area contributed by atoms with Crippen molar-refractivity contribution < 1.29 is 9.59 Å². The number of likely N-dealkylation sites (N-methyl/N-ethyl adjacent to an activating group) is 1. The lowest BCUT2D eigenvalue weighted by molar-refractivity contribution is -0.122. The third-order valence-electron chi connectivity index (χ3n) is 2.59. The van der Waals surface area contributed by atoms with Crippen molar-refractivity contribution in [1.29, 1.82) is 0 Å². The van der Waals surface area contributed by atoms with Crippen molar-refractivity contribution in [3.63, 3.8) is 0 Å². The molecule has 6 heteroatoms. The average Bonchev–Trinajstić information content (AvgIpc) is 2.38. The lowest BCUT2D eigenvalue weighted by Gasteiger charge is -2.15. The smallest absolute Gasteiger partial charge is 0.254 e. The molecule has 1 aromatic carbocycles. The molecule has 0 aliphatic rings. The van der Waals surface area contributed by atoms with Crippen LogP contribution in [0.15, 0.2) is 18.2 Å². The van der Waals surface area contributed by atoms with Crippen LogP contribution in [0.4, 0.5) is 5.69 Å². The van der Waals surface area contributed by atoms with Crippen LogP contribution in [0.1, 0.15) is 24.2 Å². The van der Waals surface area contributed by atoms with Gasteiger partial charge in [0.05, 0.1) is 5.56 Å². The first-order valence-electron chi connectivity index (χ1n) is 6.05. The Morgan fingerprint density at radius 1 is 1.37 bits per heavy atom. The van der Waals surface area contributed by atoms with Gasteiger partial charge < -0.3 is 16.0 Å². The molecule has 0 aliphatic heterocycles. The minimum Gasteiger partial charge on any atom is -0.387 e. The molecule has 0 bridgehead atoms. The van der Waals surface area contributed by atoms with Gasteiger partial charge in [0.25, 0.3) is 5.91 Å². The van der Waals surface area contributed by atoms with Gasteiger partial charge in [-0.2, -0.15) is 0 Å². The zero-order valence-electron chi connectivity index (χ0n) is 11.2. The molecular formula is C13H18ClN3O2. The van der Waals surface area contributed by atoms with E-state index >= 15 is 0 Å². The first-order chi connectivity index (χ1) is 8.99. The SMILES string of the molecule is CCNC(=O)C(C)NC(=O)c1cc(Cl)ccc1NC. The topological polar surface area (TPSA) is 70.2 Å². The van der Waals surface area contributed by atoms with E-state index in [1.165, 1.54) is 0 Å². The van der Waals surface area contributed by atoms with E-state index in [1.54, 1.807) is 32.2 Å². The van der Waals surface area contributed by atoms with E-state index in [2.05, 4.69) is 16.0 Å². The molecule has 1 atom stereocenters. The van der Waals surface area contributed by atoms with E-state index < -0.39 is 6.04 Å². The van der Waals surface area contributed by atoms with Crippen molar-refractivity contribution in [2.45, 2.75) is 19.9 Å². The quantitative estimate of drug-likeness (QED) is 0.769. The normalized spacial score (nSPS) is 11.6. The highest BCUT2D eigenvalue weighted by Gasteiger charge is 2.18. The molecule has 1 rings (SSSR count). The predicted octanol–water partition coefficient (Wildman–Crippen LogP) is 1.64. The van der Waals surface area contributed by atoms with E-state index in [0.29, 0.717) is 22.8 Å². The molecule has 1 aromatic rings. The number of rotatable bonds is 5. The molecule has 2 amide bonds. The monoisotopic (exact) mass is 283 g/mol. The largest absolute Gasteiger partial charge is 0.387 e. The standard InChI is InChI=1S/C13H18ClN3O2/c1-4-16-12(18)8(2)17-13(19)10-7-9(14)5-6-11(10)15-3/h5-8,15H,4H2,1-3H3,(H,16,18)(H,17,19). The second-order valence-corrected chi connectivity index (χ2v) is 4.47. The van der Waals surface area contributed by atoms with Crippen LogP contribution in [0, 0.1) is 0 Å². The van der Waals surface area contributed by atoms with Crippen LogP contribution >= 0.6 is 11.6 Å². The van der Waals surface area contributed by atoms with E-state index in [0.717, 1.165) is 0 Å². The molecule has 0 spiro atoms. The molecule has 104 valence electrons. The molecular weight excluding hydrogens is 266 g/mol. The van der Waals surface area contributed by atoms with Gasteiger partial charge in [-0.25, -0.2) is 0 Å². The zero-order valence-corrected chi connectivity index (χ0v) is 12.0. The molecule has 3 N–H and O–H groups in total. The Balaban J connectivity index is 2.83. The lowest BCUT2D eigenvalue weighted by atomic mass is 10.1. The van der Waals surface area contributed by atoms with Gasteiger partial charge in [-0.3, -0.25) is 9.59 Å². The molecule has 0 aliphatic carbocycles. The summed E-state index contributed by atoms with van der Waals surface area (Å²) in [6, 6.07) is 4.37. The first kappa shape index (κ1) is 15.3.